The van der Waals surface area contributed by atoms with E-state index in [1.165, 1.54) is 6.20 Å². The van der Waals surface area contributed by atoms with Gasteiger partial charge in [-0.1, -0.05) is 13.8 Å². The van der Waals surface area contributed by atoms with E-state index in [1.54, 1.807) is 30.0 Å². The summed E-state index contributed by atoms with van der Waals surface area (Å²) in [5.74, 6) is -0.172. The summed E-state index contributed by atoms with van der Waals surface area (Å²) in [4.78, 5) is 15.3. The van der Waals surface area contributed by atoms with Crippen LogP contribution >= 0.6 is 0 Å². The van der Waals surface area contributed by atoms with Crippen LogP contribution in [-0.4, -0.2) is 27.6 Å². The lowest BCUT2D eigenvalue weighted by Crippen LogP contribution is -2.17. The predicted octanol–water partition coefficient (Wildman–Crippen LogP) is 1.12. The molecule has 5 nitrogen and oxygen atoms in total. The number of rotatable bonds is 1. The molecule has 5 heteroatoms. The summed E-state index contributed by atoms with van der Waals surface area (Å²) in [5.41, 5.74) is 1.06. The first-order valence-corrected chi connectivity index (χ1v) is 4.83. The first-order valence-electron chi connectivity index (χ1n) is 4.83. The van der Waals surface area contributed by atoms with Crippen molar-refractivity contribution in [2.45, 2.75) is 13.8 Å². The Morgan fingerprint density at radius 2 is 2.20 bits per heavy atom. The number of amides is 1. The molecule has 2 aromatic rings. The fourth-order valence-electron chi connectivity index (χ4n) is 1.12. The Morgan fingerprint density at radius 1 is 1.47 bits per heavy atom. The second kappa shape index (κ2) is 5.09. The van der Waals surface area contributed by atoms with Gasteiger partial charge in [-0.3, -0.25) is 4.79 Å². The topological polar surface area (TPSA) is 59.3 Å². The third kappa shape index (κ3) is 2.12. The molecule has 1 N–H and O–H groups in total. The molecule has 80 valence electrons. The van der Waals surface area contributed by atoms with Gasteiger partial charge in [0.25, 0.3) is 5.91 Å². The van der Waals surface area contributed by atoms with Gasteiger partial charge in [0, 0.05) is 19.4 Å². The van der Waals surface area contributed by atoms with E-state index < -0.39 is 0 Å². The second-order valence-electron chi connectivity index (χ2n) is 2.53. The SMILES string of the molecule is CC.CNC(=O)c1cnn2cccnc12. The lowest BCUT2D eigenvalue weighted by Gasteiger charge is -1.94. The summed E-state index contributed by atoms with van der Waals surface area (Å²) in [7, 11) is 1.58. The Hall–Kier alpha value is -1.91. The molecule has 0 aliphatic heterocycles. The van der Waals surface area contributed by atoms with Gasteiger partial charge in [0.15, 0.2) is 5.65 Å². The maximum Gasteiger partial charge on any atom is 0.256 e. The minimum absolute atomic E-state index is 0.172. The van der Waals surface area contributed by atoms with Crippen molar-refractivity contribution in [3.8, 4) is 0 Å². The summed E-state index contributed by atoms with van der Waals surface area (Å²) in [6, 6.07) is 1.76. The Labute approximate surface area is 88.1 Å². The number of fused-ring (bicyclic) bond motifs is 1. The molecule has 1 amide bonds. The van der Waals surface area contributed by atoms with E-state index in [2.05, 4.69) is 15.4 Å². The summed E-state index contributed by atoms with van der Waals surface area (Å²) >= 11 is 0. The zero-order valence-electron chi connectivity index (χ0n) is 9.06. The molecule has 2 rings (SSSR count). The zero-order chi connectivity index (χ0) is 11.3. The largest absolute Gasteiger partial charge is 0.355 e. The fourth-order valence-corrected chi connectivity index (χ4v) is 1.12. The van der Waals surface area contributed by atoms with E-state index in [1.807, 2.05) is 13.8 Å². The van der Waals surface area contributed by atoms with Gasteiger partial charge < -0.3 is 5.32 Å². The molecular weight excluding hydrogens is 192 g/mol. The quantitative estimate of drug-likeness (QED) is 0.760. The van der Waals surface area contributed by atoms with E-state index in [4.69, 9.17) is 0 Å². The molecule has 2 heterocycles. The van der Waals surface area contributed by atoms with Gasteiger partial charge in [-0.2, -0.15) is 5.10 Å². The monoisotopic (exact) mass is 206 g/mol. The molecule has 0 spiro atoms. The Morgan fingerprint density at radius 3 is 2.87 bits per heavy atom. The minimum Gasteiger partial charge on any atom is -0.355 e. The van der Waals surface area contributed by atoms with Crippen molar-refractivity contribution in [2.75, 3.05) is 7.05 Å². The van der Waals surface area contributed by atoms with Crippen LogP contribution in [0.15, 0.2) is 24.7 Å². The average molecular weight is 206 g/mol. The molecule has 0 atom stereocenters. The second-order valence-corrected chi connectivity index (χ2v) is 2.53. The predicted molar refractivity (Wildman–Crippen MR) is 57.7 cm³/mol. The maximum atomic E-state index is 11.3. The van der Waals surface area contributed by atoms with Crippen LogP contribution in [0.2, 0.25) is 0 Å². The number of aromatic nitrogens is 3. The Balaban J connectivity index is 0.000000531. The normalized spacial score (nSPS) is 9.27. The van der Waals surface area contributed by atoms with Crippen LogP contribution in [0, 0.1) is 0 Å². The third-order valence-electron chi connectivity index (χ3n) is 1.75. The maximum absolute atomic E-state index is 11.3. The lowest BCUT2D eigenvalue weighted by atomic mass is 10.3. The molecule has 0 aliphatic rings. The van der Waals surface area contributed by atoms with Crippen LogP contribution in [0.3, 0.4) is 0 Å². The highest BCUT2D eigenvalue weighted by Gasteiger charge is 2.10. The van der Waals surface area contributed by atoms with Gasteiger partial charge in [0.2, 0.25) is 0 Å². The van der Waals surface area contributed by atoms with Gasteiger partial charge in [0.05, 0.1) is 6.20 Å². The van der Waals surface area contributed by atoms with Crippen LogP contribution in [0.5, 0.6) is 0 Å². The molecule has 15 heavy (non-hydrogen) atoms. The minimum atomic E-state index is -0.172. The molecule has 0 saturated heterocycles. The molecule has 0 fully saturated rings. The highest BCUT2D eigenvalue weighted by Crippen LogP contribution is 2.05. The van der Waals surface area contributed by atoms with Crippen LogP contribution < -0.4 is 5.32 Å². The molecule has 0 aliphatic carbocycles. The van der Waals surface area contributed by atoms with Crippen molar-refractivity contribution in [3.63, 3.8) is 0 Å². The van der Waals surface area contributed by atoms with Crippen molar-refractivity contribution in [3.05, 3.63) is 30.2 Å². The first kappa shape index (κ1) is 11.2. The van der Waals surface area contributed by atoms with Crippen molar-refractivity contribution in [2.24, 2.45) is 0 Å². The van der Waals surface area contributed by atoms with E-state index in [9.17, 15) is 4.79 Å². The van der Waals surface area contributed by atoms with Gasteiger partial charge in [-0.15, -0.1) is 0 Å². The van der Waals surface area contributed by atoms with E-state index in [0.717, 1.165) is 0 Å². The average Bonchev–Trinajstić information content (AvgIpc) is 2.74. The van der Waals surface area contributed by atoms with Crippen molar-refractivity contribution < 1.29 is 4.79 Å². The van der Waals surface area contributed by atoms with E-state index in [0.29, 0.717) is 11.2 Å². The molecular formula is C10H14N4O. The van der Waals surface area contributed by atoms with Gasteiger partial charge >= 0.3 is 0 Å². The molecule has 0 bridgehead atoms. The van der Waals surface area contributed by atoms with Crippen LogP contribution in [0.1, 0.15) is 24.2 Å². The van der Waals surface area contributed by atoms with E-state index >= 15 is 0 Å². The first-order chi connectivity index (χ1) is 7.33. The highest BCUT2D eigenvalue weighted by molar-refractivity contribution is 5.99. The standard InChI is InChI=1S/C8H8N4O.C2H6/c1-9-8(13)6-5-11-12-4-2-3-10-7(6)12;1-2/h2-5H,1H3,(H,9,13);1-2H3. The highest BCUT2D eigenvalue weighted by atomic mass is 16.1. The van der Waals surface area contributed by atoms with Gasteiger partial charge in [0.1, 0.15) is 5.56 Å². The lowest BCUT2D eigenvalue weighted by molar-refractivity contribution is 0.0964. The van der Waals surface area contributed by atoms with Gasteiger partial charge in [-0.05, 0) is 6.07 Å². The van der Waals surface area contributed by atoms with Crippen LogP contribution in [0.4, 0.5) is 0 Å². The number of carbonyl (C=O) groups excluding carboxylic acids is 1. The van der Waals surface area contributed by atoms with E-state index in [-0.39, 0.29) is 5.91 Å². The molecule has 0 radical (unpaired) electrons. The van der Waals surface area contributed by atoms with Crippen molar-refractivity contribution in [1.82, 2.24) is 19.9 Å². The summed E-state index contributed by atoms with van der Waals surface area (Å²) < 4.78 is 1.56. The Kier molecular flexibility index (Phi) is 3.79. The number of nitrogens with one attached hydrogen (secondary N) is 1. The van der Waals surface area contributed by atoms with Crippen LogP contribution in [0.25, 0.3) is 5.65 Å². The summed E-state index contributed by atoms with van der Waals surface area (Å²) in [6.45, 7) is 4.00. The molecule has 0 saturated carbocycles. The number of hydrogen-bond acceptors (Lipinski definition) is 3. The molecule has 0 aromatic carbocycles. The fraction of sp³-hybridized carbons (Fsp3) is 0.300. The van der Waals surface area contributed by atoms with Gasteiger partial charge in [-0.25, -0.2) is 9.50 Å². The Bertz CT molecular complexity index is 449. The molecule has 2 aromatic heterocycles. The van der Waals surface area contributed by atoms with Crippen molar-refractivity contribution >= 4 is 11.6 Å². The smallest absolute Gasteiger partial charge is 0.256 e. The van der Waals surface area contributed by atoms with Crippen LogP contribution in [-0.2, 0) is 0 Å². The number of nitrogens with zero attached hydrogens (tertiary/aromatic N) is 3. The summed E-state index contributed by atoms with van der Waals surface area (Å²) in [5, 5.41) is 6.51. The number of hydrogen-bond donors (Lipinski definition) is 1. The zero-order valence-corrected chi connectivity index (χ0v) is 9.06. The summed E-state index contributed by atoms with van der Waals surface area (Å²) in [6.07, 6.45) is 4.87. The third-order valence-corrected chi connectivity index (χ3v) is 1.75. The molecule has 0 unspecified atom stereocenters. The number of carbonyl (C=O) groups is 1. The van der Waals surface area contributed by atoms with Crippen molar-refractivity contribution in [1.29, 1.82) is 0 Å².